The average Bonchev–Trinajstić information content (AvgIpc) is 3.39. The molecule has 176 valence electrons. The van der Waals surface area contributed by atoms with Gasteiger partial charge in [0.05, 0.1) is 17.3 Å². The third-order valence-electron chi connectivity index (χ3n) is 5.95. The maximum absolute atomic E-state index is 13.4. The number of benzene rings is 1. The summed E-state index contributed by atoms with van der Waals surface area (Å²) in [6.45, 7) is 3.33. The summed E-state index contributed by atoms with van der Waals surface area (Å²) >= 11 is 0. The normalized spacial score (nSPS) is 11.2. The van der Waals surface area contributed by atoms with E-state index in [-0.39, 0.29) is 16.6 Å². The summed E-state index contributed by atoms with van der Waals surface area (Å²) in [7, 11) is 0. The number of carbonyl (C=O) groups excluding carboxylic acids is 1. The largest absolute Gasteiger partial charge is 0.348 e. The van der Waals surface area contributed by atoms with Crippen molar-refractivity contribution in [2.24, 2.45) is 0 Å². The first-order valence-corrected chi connectivity index (χ1v) is 11.4. The standard InChI is InChI=1S/C26H25N7O2/c1-18-8-9-22-30-24-21(26(35)33(22)16-18)14-20(25(34)29-15-19-6-3-2-4-7-19)23(27)32(24)12-5-11-31-13-10-28-17-31/h2-4,6-10,13-14,16-17,27H,5,11-12,15H2,1H3,(H,29,34). The number of fused-ring (bicyclic) bond motifs is 2. The van der Waals surface area contributed by atoms with Crippen molar-refractivity contribution in [3.8, 4) is 0 Å². The van der Waals surface area contributed by atoms with Crippen molar-refractivity contribution in [1.29, 1.82) is 5.41 Å². The van der Waals surface area contributed by atoms with Crippen LogP contribution in [0.15, 0.2) is 78.2 Å². The van der Waals surface area contributed by atoms with Gasteiger partial charge in [-0.2, -0.15) is 0 Å². The zero-order chi connectivity index (χ0) is 24.4. The number of imidazole rings is 1. The predicted molar refractivity (Wildman–Crippen MR) is 132 cm³/mol. The molecule has 4 aromatic heterocycles. The maximum atomic E-state index is 13.4. The Balaban J connectivity index is 1.59. The Morgan fingerprint density at radius 3 is 2.71 bits per heavy atom. The van der Waals surface area contributed by atoms with Gasteiger partial charge in [-0.15, -0.1) is 0 Å². The zero-order valence-corrected chi connectivity index (χ0v) is 19.3. The summed E-state index contributed by atoms with van der Waals surface area (Å²) in [5.74, 6) is -0.405. The Morgan fingerprint density at radius 2 is 1.94 bits per heavy atom. The van der Waals surface area contributed by atoms with Gasteiger partial charge in [-0.05, 0) is 36.6 Å². The van der Waals surface area contributed by atoms with Gasteiger partial charge in [-0.1, -0.05) is 36.4 Å². The minimum absolute atomic E-state index is 0.0251. The quantitative estimate of drug-likeness (QED) is 0.359. The molecule has 35 heavy (non-hydrogen) atoms. The number of hydrogen-bond donors (Lipinski definition) is 2. The molecule has 4 heterocycles. The van der Waals surface area contributed by atoms with Gasteiger partial charge in [0.1, 0.15) is 16.8 Å². The van der Waals surface area contributed by atoms with Crippen LogP contribution in [0.1, 0.15) is 27.9 Å². The molecule has 5 rings (SSSR count). The Labute approximate surface area is 200 Å². The minimum atomic E-state index is -0.405. The fourth-order valence-corrected chi connectivity index (χ4v) is 4.14. The van der Waals surface area contributed by atoms with Crippen LogP contribution in [0.25, 0.3) is 16.7 Å². The van der Waals surface area contributed by atoms with Crippen molar-refractivity contribution in [1.82, 2.24) is 28.8 Å². The van der Waals surface area contributed by atoms with E-state index in [2.05, 4.69) is 10.3 Å². The van der Waals surface area contributed by atoms with Crippen LogP contribution in [-0.4, -0.2) is 29.4 Å². The van der Waals surface area contributed by atoms with Gasteiger partial charge < -0.3 is 14.5 Å². The molecular formula is C26H25N7O2. The van der Waals surface area contributed by atoms with Crippen molar-refractivity contribution in [2.45, 2.75) is 33.0 Å². The van der Waals surface area contributed by atoms with E-state index in [0.29, 0.717) is 42.7 Å². The average molecular weight is 468 g/mol. The molecule has 0 saturated carbocycles. The number of amides is 1. The Morgan fingerprint density at radius 1 is 1.11 bits per heavy atom. The number of nitrogens with zero attached hydrogens (tertiary/aromatic N) is 5. The molecule has 1 amide bonds. The number of rotatable bonds is 7. The van der Waals surface area contributed by atoms with Gasteiger partial charge >= 0.3 is 0 Å². The van der Waals surface area contributed by atoms with E-state index in [1.165, 1.54) is 10.5 Å². The van der Waals surface area contributed by atoms with Gasteiger partial charge in [-0.25, -0.2) is 9.97 Å². The minimum Gasteiger partial charge on any atom is -0.348 e. The van der Waals surface area contributed by atoms with E-state index in [0.717, 1.165) is 11.1 Å². The number of nitrogens with one attached hydrogen (secondary N) is 2. The Bertz CT molecular complexity index is 1630. The molecule has 0 aliphatic heterocycles. The Hall–Kier alpha value is -4.53. The van der Waals surface area contributed by atoms with Crippen LogP contribution >= 0.6 is 0 Å². The summed E-state index contributed by atoms with van der Waals surface area (Å²) in [5, 5.41) is 12.0. The number of hydrogen-bond acceptors (Lipinski definition) is 5. The molecule has 0 spiro atoms. The summed E-state index contributed by atoms with van der Waals surface area (Å²) < 4.78 is 5.09. The first-order chi connectivity index (χ1) is 17.0. The highest BCUT2D eigenvalue weighted by Gasteiger charge is 2.17. The molecule has 0 saturated heterocycles. The molecule has 0 fully saturated rings. The first-order valence-electron chi connectivity index (χ1n) is 11.4. The number of carbonyl (C=O) groups is 1. The van der Waals surface area contributed by atoms with Gasteiger partial charge in [0, 0.05) is 38.2 Å². The fraction of sp³-hybridized carbons (Fsp3) is 0.192. The van der Waals surface area contributed by atoms with Gasteiger partial charge in [-0.3, -0.25) is 19.4 Å². The highest BCUT2D eigenvalue weighted by Crippen LogP contribution is 2.12. The van der Waals surface area contributed by atoms with E-state index in [1.54, 1.807) is 29.4 Å². The van der Waals surface area contributed by atoms with Crippen molar-refractivity contribution >= 4 is 22.6 Å². The highest BCUT2D eigenvalue weighted by atomic mass is 16.1. The molecule has 5 aromatic rings. The second-order valence-electron chi connectivity index (χ2n) is 8.47. The van der Waals surface area contributed by atoms with Crippen LogP contribution in [0, 0.1) is 12.3 Å². The molecule has 9 nitrogen and oxygen atoms in total. The molecule has 0 radical (unpaired) electrons. The SMILES string of the molecule is Cc1ccc2nc3c(cc(C(=O)NCc4ccccc4)c(=N)n3CCCn3ccnc3)c(=O)n2c1. The van der Waals surface area contributed by atoms with E-state index in [9.17, 15) is 9.59 Å². The monoisotopic (exact) mass is 467 g/mol. The van der Waals surface area contributed by atoms with E-state index < -0.39 is 5.91 Å². The van der Waals surface area contributed by atoms with Crippen molar-refractivity contribution in [2.75, 3.05) is 0 Å². The van der Waals surface area contributed by atoms with E-state index in [4.69, 9.17) is 10.4 Å². The molecule has 0 aliphatic rings. The summed E-state index contributed by atoms with van der Waals surface area (Å²) in [6, 6.07) is 14.7. The lowest BCUT2D eigenvalue weighted by Gasteiger charge is -2.15. The first kappa shape index (κ1) is 22.3. The van der Waals surface area contributed by atoms with Crippen LogP contribution in [0.5, 0.6) is 0 Å². The second-order valence-corrected chi connectivity index (χ2v) is 8.47. The molecule has 1 aromatic carbocycles. The number of aryl methyl sites for hydroxylation is 3. The van der Waals surface area contributed by atoms with Crippen LogP contribution in [-0.2, 0) is 19.6 Å². The second kappa shape index (κ2) is 9.38. The van der Waals surface area contributed by atoms with Crippen molar-refractivity contribution < 1.29 is 4.79 Å². The van der Waals surface area contributed by atoms with E-state index >= 15 is 0 Å². The molecular weight excluding hydrogens is 442 g/mol. The van der Waals surface area contributed by atoms with Crippen LogP contribution in [0.4, 0.5) is 0 Å². The summed E-state index contributed by atoms with van der Waals surface area (Å²) in [5.41, 5.74) is 2.66. The maximum Gasteiger partial charge on any atom is 0.267 e. The van der Waals surface area contributed by atoms with Crippen molar-refractivity contribution in [3.05, 3.63) is 106 Å². The molecule has 0 aliphatic carbocycles. The molecule has 0 bridgehead atoms. The van der Waals surface area contributed by atoms with Crippen LogP contribution < -0.4 is 16.4 Å². The van der Waals surface area contributed by atoms with Gasteiger partial charge in [0.25, 0.3) is 11.5 Å². The van der Waals surface area contributed by atoms with Gasteiger partial charge in [0.2, 0.25) is 0 Å². The summed E-state index contributed by atoms with van der Waals surface area (Å²) in [4.78, 5) is 35.3. The molecule has 9 heteroatoms. The van der Waals surface area contributed by atoms with Crippen LogP contribution in [0.2, 0.25) is 0 Å². The Kier molecular flexibility index (Phi) is 5.97. The fourth-order valence-electron chi connectivity index (χ4n) is 4.14. The lowest BCUT2D eigenvalue weighted by Crippen LogP contribution is -2.35. The highest BCUT2D eigenvalue weighted by molar-refractivity contribution is 5.96. The molecule has 0 unspecified atom stereocenters. The van der Waals surface area contributed by atoms with E-state index in [1.807, 2.05) is 54.1 Å². The van der Waals surface area contributed by atoms with Gasteiger partial charge in [0.15, 0.2) is 0 Å². The number of aromatic nitrogens is 5. The topological polar surface area (TPSA) is 110 Å². The third-order valence-corrected chi connectivity index (χ3v) is 5.95. The third kappa shape index (κ3) is 4.48. The zero-order valence-electron chi connectivity index (χ0n) is 19.3. The van der Waals surface area contributed by atoms with Crippen LogP contribution in [0.3, 0.4) is 0 Å². The molecule has 2 N–H and O–H groups in total. The number of pyridine rings is 2. The predicted octanol–water partition coefficient (Wildman–Crippen LogP) is 2.65. The molecule has 0 atom stereocenters. The smallest absolute Gasteiger partial charge is 0.267 e. The summed E-state index contributed by atoms with van der Waals surface area (Å²) in [6.07, 6.45) is 7.73. The van der Waals surface area contributed by atoms with Crippen molar-refractivity contribution in [3.63, 3.8) is 0 Å². The lowest BCUT2D eigenvalue weighted by atomic mass is 10.1. The lowest BCUT2D eigenvalue weighted by molar-refractivity contribution is 0.0948.